The highest BCUT2D eigenvalue weighted by atomic mass is 32.1. The van der Waals surface area contributed by atoms with Crippen molar-refractivity contribution in [3.05, 3.63) is 42.0 Å². The van der Waals surface area contributed by atoms with E-state index in [1.807, 2.05) is 30.3 Å². The zero-order valence-corrected chi connectivity index (χ0v) is 9.67. The Labute approximate surface area is 101 Å². The summed E-state index contributed by atoms with van der Waals surface area (Å²) >= 11 is 4.10. The summed E-state index contributed by atoms with van der Waals surface area (Å²) in [5.41, 5.74) is 0.708. The molecule has 16 heavy (non-hydrogen) atoms. The second-order valence-electron chi connectivity index (χ2n) is 3.46. The lowest BCUT2D eigenvalue weighted by molar-refractivity contribution is 0.474. The van der Waals surface area contributed by atoms with Gasteiger partial charge in [-0.3, -0.25) is 0 Å². The average molecular weight is 228 g/mol. The molecule has 2 heteroatoms. The van der Waals surface area contributed by atoms with Gasteiger partial charge in [-0.05, 0) is 11.5 Å². The Morgan fingerprint density at radius 1 is 1.12 bits per heavy atom. The summed E-state index contributed by atoms with van der Waals surface area (Å²) in [6, 6.07) is 11.5. The van der Waals surface area contributed by atoms with Crippen LogP contribution in [0.3, 0.4) is 0 Å². The van der Waals surface area contributed by atoms with Crippen molar-refractivity contribution in [3.8, 4) is 17.6 Å². The summed E-state index contributed by atoms with van der Waals surface area (Å²) in [5.74, 6) is 6.98. The fourth-order valence-corrected chi connectivity index (χ4v) is 1.71. The van der Waals surface area contributed by atoms with Gasteiger partial charge in [0.05, 0.1) is 5.56 Å². The predicted octanol–water partition coefficient (Wildman–Crippen LogP) is 3.22. The first-order valence-corrected chi connectivity index (χ1v) is 5.76. The second-order valence-corrected chi connectivity index (χ2v) is 3.90. The molecule has 0 atom stereocenters. The fourth-order valence-electron chi connectivity index (χ4n) is 1.60. The number of rotatable bonds is 1. The smallest absolute Gasteiger partial charge is 0.131 e. The van der Waals surface area contributed by atoms with Crippen LogP contribution in [-0.4, -0.2) is 10.9 Å². The first-order valence-electron chi connectivity index (χ1n) is 5.13. The van der Waals surface area contributed by atoms with Gasteiger partial charge in [0, 0.05) is 17.6 Å². The average Bonchev–Trinajstić information content (AvgIpc) is 2.32. The van der Waals surface area contributed by atoms with Gasteiger partial charge in [0.25, 0.3) is 0 Å². The largest absolute Gasteiger partial charge is 0.507 e. The number of phenols is 1. The quantitative estimate of drug-likeness (QED) is 0.567. The van der Waals surface area contributed by atoms with Crippen LogP contribution in [0.1, 0.15) is 12.0 Å². The van der Waals surface area contributed by atoms with Crippen molar-refractivity contribution >= 4 is 23.4 Å². The highest BCUT2D eigenvalue weighted by Crippen LogP contribution is 2.25. The first kappa shape index (κ1) is 10.9. The zero-order valence-electron chi connectivity index (χ0n) is 8.77. The Morgan fingerprint density at radius 3 is 2.75 bits per heavy atom. The lowest BCUT2D eigenvalue weighted by Gasteiger charge is -2.02. The van der Waals surface area contributed by atoms with Crippen molar-refractivity contribution in [1.29, 1.82) is 0 Å². The fraction of sp³-hybridized carbons (Fsp3) is 0.143. The summed E-state index contributed by atoms with van der Waals surface area (Å²) < 4.78 is 0. The van der Waals surface area contributed by atoms with E-state index in [1.54, 1.807) is 6.07 Å². The SMILES string of the molecule is Oc1ccc2ccccc2c1C#CCCS. The van der Waals surface area contributed by atoms with E-state index in [9.17, 15) is 5.11 Å². The standard InChI is InChI=1S/C14H12OS/c15-14-9-8-11-5-1-2-6-12(11)13(14)7-3-4-10-16/h1-2,5-6,8-9,15-16H,4,10H2. The molecule has 0 radical (unpaired) electrons. The maximum Gasteiger partial charge on any atom is 0.131 e. The van der Waals surface area contributed by atoms with Crippen LogP contribution in [0.2, 0.25) is 0 Å². The molecule has 1 nitrogen and oxygen atoms in total. The maximum absolute atomic E-state index is 9.79. The number of benzene rings is 2. The van der Waals surface area contributed by atoms with Crippen LogP contribution < -0.4 is 0 Å². The zero-order chi connectivity index (χ0) is 11.4. The lowest BCUT2D eigenvalue weighted by atomic mass is 10.0. The molecule has 2 aromatic carbocycles. The minimum Gasteiger partial charge on any atom is -0.507 e. The molecule has 0 unspecified atom stereocenters. The molecular formula is C14H12OS. The maximum atomic E-state index is 9.79. The van der Waals surface area contributed by atoms with Crippen LogP contribution in [0.5, 0.6) is 5.75 Å². The predicted molar refractivity (Wildman–Crippen MR) is 71.0 cm³/mol. The second kappa shape index (κ2) is 4.96. The van der Waals surface area contributed by atoms with Gasteiger partial charge in [-0.2, -0.15) is 12.6 Å². The minimum absolute atomic E-state index is 0.241. The third-order valence-corrected chi connectivity index (χ3v) is 2.58. The van der Waals surface area contributed by atoms with Crippen molar-refractivity contribution in [2.75, 3.05) is 5.75 Å². The van der Waals surface area contributed by atoms with Gasteiger partial charge < -0.3 is 5.11 Å². The van der Waals surface area contributed by atoms with E-state index in [0.29, 0.717) is 5.56 Å². The van der Waals surface area contributed by atoms with Crippen LogP contribution in [0.15, 0.2) is 36.4 Å². The minimum atomic E-state index is 0.241. The van der Waals surface area contributed by atoms with Crippen molar-refractivity contribution in [1.82, 2.24) is 0 Å². The molecule has 0 aliphatic carbocycles. The van der Waals surface area contributed by atoms with Gasteiger partial charge >= 0.3 is 0 Å². The molecule has 0 aromatic heterocycles. The Bertz CT molecular complexity index is 564. The van der Waals surface area contributed by atoms with Gasteiger partial charge in [-0.1, -0.05) is 42.2 Å². The molecule has 0 spiro atoms. The van der Waals surface area contributed by atoms with E-state index in [1.165, 1.54) is 0 Å². The molecule has 0 amide bonds. The molecule has 0 saturated carbocycles. The summed E-state index contributed by atoms with van der Waals surface area (Å²) in [5, 5.41) is 11.9. The van der Waals surface area contributed by atoms with E-state index in [-0.39, 0.29) is 5.75 Å². The van der Waals surface area contributed by atoms with Crippen molar-refractivity contribution < 1.29 is 5.11 Å². The molecule has 1 N–H and O–H groups in total. The number of phenolic OH excluding ortho intramolecular Hbond substituents is 1. The summed E-state index contributed by atoms with van der Waals surface area (Å²) in [6.07, 6.45) is 0.728. The van der Waals surface area contributed by atoms with E-state index in [0.717, 1.165) is 22.9 Å². The van der Waals surface area contributed by atoms with Gasteiger partial charge in [-0.25, -0.2) is 0 Å². The number of hydrogen-bond donors (Lipinski definition) is 2. The number of thiol groups is 1. The number of hydrogen-bond acceptors (Lipinski definition) is 2. The first-order chi connectivity index (χ1) is 7.83. The third kappa shape index (κ3) is 2.15. The van der Waals surface area contributed by atoms with Gasteiger partial charge in [-0.15, -0.1) is 0 Å². The van der Waals surface area contributed by atoms with E-state index < -0.39 is 0 Å². The Morgan fingerprint density at radius 2 is 1.94 bits per heavy atom. The summed E-state index contributed by atoms with van der Waals surface area (Å²) in [4.78, 5) is 0. The highest BCUT2D eigenvalue weighted by molar-refractivity contribution is 7.80. The molecule has 0 aliphatic rings. The molecule has 80 valence electrons. The van der Waals surface area contributed by atoms with Crippen molar-refractivity contribution in [2.24, 2.45) is 0 Å². The van der Waals surface area contributed by atoms with Crippen LogP contribution >= 0.6 is 12.6 Å². The topological polar surface area (TPSA) is 20.2 Å². The normalized spacial score (nSPS) is 9.81. The van der Waals surface area contributed by atoms with Crippen LogP contribution in [-0.2, 0) is 0 Å². The molecule has 2 rings (SSSR count). The van der Waals surface area contributed by atoms with Gasteiger partial charge in [0.2, 0.25) is 0 Å². The summed E-state index contributed by atoms with van der Waals surface area (Å²) in [6.45, 7) is 0. The monoisotopic (exact) mass is 228 g/mol. The van der Waals surface area contributed by atoms with Crippen LogP contribution in [0.4, 0.5) is 0 Å². The molecule has 2 aromatic rings. The van der Waals surface area contributed by atoms with Crippen LogP contribution in [0.25, 0.3) is 10.8 Å². The Hall–Kier alpha value is -1.59. The molecule has 0 aliphatic heterocycles. The van der Waals surface area contributed by atoms with Gasteiger partial charge in [0.15, 0.2) is 0 Å². The number of aromatic hydroxyl groups is 1. The van der Waals surface area contributed by atoms with Crippen molar-refractivity contribution in [3.63, 3.8) is 0 Å². The van der Waals surface area contributed by atoms with E-state index in [2.05, 4.69) is 24.5 Å². The van der Waals surface area contributed by atoms with Crippen molar-refractivity contribution in [2.45, 2.75) is 6.42 Å². The summed E-state index contributed by atoms with van der Waals surface area (Å²) in [7, 11) is 0. The van der Waals surface area contributed by atoms with Crippen LogP contribution in [0, 0.1) is 11.8 Å². The Kier molecular flexibility index (Phi) is 3.38. The highest BCUT2D eigenvalue weighted by Gasteiger charge is 2.02. The molecule has 0 fully saturated rings. The van der Waals surface area contributed by atoms with E-state index in [4.69, 9.17) is 0 Å². The molecule has 0 saturated heterocycles. The van der Waals surface area contributed by atoms with E-state index >= 15 is 0 Å². The van der Waals surface area contributed by atoms with Gasteiger partial charge in [0.1, 0.15) is 5.75 Å². The Balaban J connectivity index is 2.58. The molecule has 0 bridgehead atoms. The number of fused-ring (bicyclic) bond motifs is 1. The third-order valence-electron chi connectivity index (χ3n) is 2.36. The lowest BCUT2D eigenvalue weighted by Crippen LogP contribution is -1.81. The molecular weight excluding hydrogens is 216 g/mol. The molecule has 0 heterocycles.